The first-order valence-corrected chi connectivity index (χ1v) is 13.6. The predicted octanol–water partition coefficient (Wildman–Crippen LogP) is 10.4. The fraction of sp³-hybridized carbons (Fsp3) is 0.0513. The summed E-state index contributed by atoms with van der Waals surface area (Å²) in [6.07, 6.45) is 0.833. The molecule has 0 aliphatic rings. The Balaban J connectivity index is 0.000000149. The molecular weight excluding hydrogens is 484 g/mol. The highest BCUT2D eigenvalue weighted by molar-refractivity contribution is 5.74. The molecule has 0 fully saturated rings. The Labute approximate surface area is 238 Å². The van der Waals surface area contributed by atoms with Crippen LogP contribution in [-0.4, -0.2) is 6.29 Å². The van der Waals surface area contributed by atoms with Gasteiger partial charge >= 0.3 is 0 Å². The van der Waals surface area contributed by atoms with Crippen LogP contribution in [-0.2, 0) is 0 Å². The van der Waals surface area contributed by atoms with Gasteiger partial charge in [0.05, 0.1) is 0 Å². The van der Waals surface area contributed by atoms with E-state index in [0.717, 1.165) is 11.8 Å². The van der Waals surface area contributed by atoms with Crippen molar-refractivity contribution in [2.45, 2.75) is 12.8 Å². The zero-order chi connectivity index (χ0) is 27.8. The molecule has 196 valence electrons. The number of hydrogen-bond acceptors (Lipinski definition) is 1. The monoisotopic (exact) mass is 518 g/mol. The van der Waals surface area contributed by atoms with Gasteiger partial charge in [-0.15, -0.1) is 0 Å². The molecular formula is C39H34O. The van der Waals surface area contributed by atoms with Crippen LogP contribution in [0.4, 0.5) is 0 Å². The van der Waals surface area contributed by atoms with Crippen molar-refractivity contribution in [3.8, 4) is 22.3 Å². The van der Waals surface area contributed by atoms with Gasteiger partial charge in [-0.1, -0.05) is 183 Å². The minimum absolute atomic E-state index is 0.484. The summed E-state index contributed by atoms with van der Waals surface area (Å²) in [5.41, 5.74) is 8.52. The maximum atomic E-state index is 10.0. The van der Waals surface area contributed by atoms with E-state index in [9.17, 15) is 4.79 Å². The molecule has 6 aromatic rings. The molecule has 40 heavy (non-hydrogen) atoms. The second-order valence-corrected chi connectivity index (χ2v) is 9.38. The van der Waals surface area contributed by atoms with Crippen LogP contribution in [0.25, 0.3) is 22.3 Å². The maximum absolute atomic E-state index is 10.0. The highest BCUT2D eigenvalue weighted by Crippen LogP contribution is 2.25. The number of carbonyl (C=O) groups excluding carboxylic acids is 1. The highest BCUT2D eigenvalue weighted by atomic mass is 16.1. The molecule has 0 heterocycles. The van der Waals surface area contributed by atoms with Gasteiger partial charge in [-0.3, -0.25) is 4.79 Å². The summed E-state index contributed by atoms with van der Waals surface area (Å²) in [5.74, 6) is 0.484. The van der Waals surface area contributed by atoms with Gasteiger partial charge in [0.15, 0.2) is 0 Å². The van der Waals surface area contributed by atoms with E-state index in [2.05, 4.69) is 140 Å². The molecule has 0 amide bonds. The van der Waals surface area contributed by atoms with Crippen molar-refractivity contribution >= 4 is 6.29 Å². The molecule has 0 aliphatic heterocycles. The van der Waals surface area contributed by atoms with Gasteiger partial charge in [0, 0.05) is 11.5 Å². The van der Waals surface area contributed by atoms with Gasteiger partial charge in [0.25, 0.3) is 0 Å². The van der Waals surface area contributed by atoms with E-state index in [1.54, 1.807) is 12.1 Å². The Bertz CT molecular complexity index is 1410. The second-order valence-electron chi connectivity index (χ2n) is 9.38. The zero-order valence-corrected chi connectivity index (χ0v) is 22.8. The molecule has 0 spiro atoms. The van der Waals surface area contributed by atoms with Crippen LogP contribution in [0.2, 0.25) is 0 Å². The average molecular weight is 519 g/mol. The molecule has 6 rings (SSSR count). The van der Waals surface area contributed by atoms with Crippen LogP contribution < -0.4 is 0 Å². The molecule has 0 aromatic heterocycles. The molecule has 0 unspecified atom stereocenters. The first-order chi connectivity index (χ1) is 19.7. The lowest BCUT2D eigenvalue weighted by Crippen LogP contribution is -1.94. The molecule has 0 atom stereocenters. The summed E-state index contributed by atoms with van der Waals surface area (Å²) in [5, 5.41) is 0. The maximum Gasteiger partial charge on any atom is 0.150 e. The van der Waals surface area contributed by atoms with E-state index in [-0.39, 0.29) is 0 Å². The summed E-state index contributed by atoms with van der Waals surface area (Å²) in [6.45, 7) is 2.24. The smallest absolute Gasteiger partial charge is 0.150 e. The predicted molar refractivity (Wildman–Crippen MR) is 170 cm³/mol. The van der Waals surface area contributed by atoms with Gasteiger partial charge < -0.3 is 0 Å². The summed E-state index contributed by atoms with van der Waals surface area (Å²) < 4.78 is 0. The lowest BCUT2D eigenvalue weighted by Gasteiger charge is -2.11. The van der Waals surface area contributed by atoms with Gasteiger partial charge in [0.1, 0.15) is 6.29 Å². The molecule has 0 N–H and O–H groups in total. The molecule has 6 aromatic carbocycles. The lowest BCUT2D eigenvalue weighted by atomic mass is 9.93. The Morgan fingerprint density at radius 2 is 0.650 bits per heavy atom. The lowest BCUT2D eigenvalue weighted by molar-refractivity contribution is 0.112. The Hall–Kier alpha value is -5.01. The van der Waals surface area contributed by atoms with E-state index in [1.807, 2.05) is 30.3 Å². The second kappa shape index (κ2) is 15.4. The Morgan fingerprint density at radius 1 is 0.375 bits per heavy atom. The van der Waals surface area contributed by atoms with Crippen LogP contribution in [0, 0.1) is 0 Å². The summed E-state index contributed by atoms with van der Waals surface area (Å²) >= 11 is 0. The van der Waals surface area contributed by atoms with Crippen molar-refractivity contribution in [2.75, 3.05) is 0 Å². The fourth-order valence-corrected chi connectivity index (χ4v) is 4.32. The zero-order valence-electron chi connectivity index (χ0n) is 22.8. The van der Waals surface area contributed by atoms with Gasteiger partial charge in [-0.2, -0.15) is 0 Å². The molecule has 0 aliphatic carbocycles. The SMILES string of the molecule is CC(c1ccccc1)c1ccccc1.O=Cc1ccccc1.c1ccc(-c2ccc(-c3ccccc3)cc2)cc1. The molecule has 0 radical (unpaired) electrons. The molecule has 0 saturated heterocycles. The molecule has 1 heteroatoms. The topological polar surface area (TPSA) is 17.1 Å². The largest absolute Gasteiger partial charge is 0.298 e. The van der Waals surface area contributed by atoms with E-state index in [4.69, 9.17) is 0 Å². The van der Waals surface area contributed by atoms with Crippen molar-refractivity contribution in [3.63, 3.8) is 0 Å². The van der Waals surface area contributed by atoms with Crippen molar-refractivity contribution < 1.29 is 4.79 Å². The third-order valence-corrected chi connectivity index (χ3v) is 6.63. The van der Waals surface area contributed by atoms with E-state index >= 15 is 0 Å². The van der Waals surface area contributed by atoms with E-state index < -0.39 is 0 Å². The van der Waals surface area contributed by atoms with E-state index in [0.29, 0.717) is 5.92 Å². The minimum Gasteiger partial charge on any atom is -0.298 e. The van der Waals surface area contributed by atoms with Crippen LogP contribution in [0.3, 0.4) is 0 Å². The van der Waals surface area contributed by atoms with Crippen LogP contribution in [0.5, 0.6) is 0 Å². The summed E-state index contributed by atoms with van der Waals surface area (Å²) in [4.78, 5) is 10.0. The van der Waals surface area contributed by atoms with E-state index in [1.165, 1.54) is 33.4 Å². The number of rotatable bonds is 5. The summed E-state index contributed by atoms with van der Waals surface area (Å²) in [7, 11) is 0. The third-order valence-electron chi connectivity index (χ3n) is 6.63. The van der Waals surface area contributed by atoms with Crippen LogP contribution >= 0.6 is 0 Å². The Kier molecular flexibility index (Phi) is 10.8. The van der Waals surface area contributed by atoms with Crippen LogP contribution in [0.15, 0.2) is 176 Å². The molecule has 0 bridgehead atoms. The van der Waals surface area contributed by atoms with Gasteiger partial charge in [-0.05, 0) is 33.4 Å². The van der Waals surface area contributed by atoms with Crippen molar-refractivity contribution in [1.29, 1.82) is 0 Å². The standard InChI is InChI=1S/C18H14.C14H14.C7H6O/c1-3-7-15(8-4-1)17-11-13-18(14-12-17)16-9-5-2-6-10-16;1-12(13-8-4-2-5-9-13)14-10-6-3-7-11-14;8-6-7-4-2-1-3-5-7/h1-14H;2-12H,1H3;1-6H. The normalized spacial score (nSPS) is 9.95. The molecule has 1 nitrogen and oxygen atoms in total. The van der Waals surface area contributed by atoms with Crippen LogP contribution in [0.1, 0.15) is 34.3 Å². The van der Waals surface area contributed by atoms with Gasteiger partial charge in [-0.25, -0.2) is 0 Å². The average Bonchev–Trinajstić information content (AvgIpc) is 3.07. The fourth-order valence-electron chi connectivity index (χ4n) is 4.32. The van der Waals surface area contributed by atoms with Gasteiger partial charge in [0.2, 0.25) is 0 Å². The number of aldehydes is 1. The van der Waals surface area contributed by atoms with Crippen molar-refractivity contribution in [3.05, 3.63) is 193 Å². The summed E-state index contributed by atoms with van der Waals surface area (Å²) in [6, 6.07) is 59.9. The Morgan fingerprint density at radius 3 is 0.950 bits per heavy atom. The first kappa shape index (κ1) is 28.0. The van der Waals surface area contributed by atoms with Crippen molar-refractivity contribution in [1.82, 2.24) is 0 Å². The first-order valence-electron chi connectivity index (χ1n) is 13.6. The molecule has 0 saturated carbocycles. The number of hydrogen-bond donors (Lipinski definition) is 0. The minimum atomic E-state index is 0.484. The highest BCUT2D eigenvalue weighted by Gasteiger charge is 2.06. The number of carbonyl (C=O) groups is 1. The number of benzene rings is 6. The van der Waals surface area contributed by atoms with Crippen molar-refractivity contribution in [2.24, 2.45) is 0 Å². The third kappa shape index (κ3) is 8.51. The quantitative estimate of drug-likeness (QED) is 0.207.